The minimum atomic E-state index is -0.208. The molecule has 1 heterocycles. The molecule has 6 heteroatoms. The van der Waals surface area contributed by atoms with E-state index in [1.807, 2.05) is 0 Å². The molecule has 0 saturated carbocycles. The Hall–Kier alpha value is -2.99. The lowest BCUT2D eigenvalue weighted by atomic mass is 10.1. The number of nitrogens with one attached hydrogen (secondary N) is 1. The summed E-state index contributed by atoms with van der Waals surface area (Å²) >= 11 is 0. The molecular weight excluding hydrogens is 280 g/mol. The number of carbonyl (C=O) groups is 1. The van der Waals surface area contributed by atoms with Gasteiger partial charge in [-0.3, -0.25) is 4.79 Å². The highest BCUT2D eigenvalue weighted by molar-refractivity contribution is 6.04. The molecule has 3 aromatic rings. The molecule has 0 saturated heterocycles. The highest BCUT2D eigenvalue weighted by Crippen LogP contribution is 2.13. The standard InChI is InChI=1S/C16H14N4O2/c21-9-12-2-1-3-14(8-12)19-16(22)13-4-6-15(7-5-13)20-11-17-10-18-20/h1-8,10-11,21H,9H2,(H,19,22). The molecule has 0 aliphatic rings. The first-order valence-corrected chi connectivity index (χ1v) is 6.72. The van der Waals surface area contributed by atoms with Crippen LogP contribution >= 0.6 is 0 Å². The number of anilines is 1. The van der Waals surface area contributed by atoms with Gasteiger partial charge < -0.3 is 10.4 Å². The van der Waals surface area contributed by atoms with E-state index in [1.54, 1.807) is 59.5 Å². The minimum Gasteiger partial charge on any atom is -0.392 e. The maximum Gasteiger partial charge on any atom is 0.255 e. The van der Waals surface area contributed by atoms with Crippen molar-refractivity contribution < 1.29 is 9.90 Å². The molecule has 1 aromatic heterocycles. The van der Waals surface area contributed by atoms with Gasteiger partial charge in [0.25, 0.3) is 5.91 Å². The summed E-state index contributed by atoms with van der Waals surface area (Å²) in [4.78, 5) is 16.1. The number of amides is 1. The van der Waals surface area contributed by atoms with Crippen LogP contribution in [0.5, 0.6) is 0 Å². The molecule has 3 rings (SSSR count). The second-order valence-electron chi connectivity index (χ2n) is 4.70. The number of hydrogen-bond acceptors (Lipinski definition) is 4. The van der Waals surface area contributed by atoms with Crippen molar-refractivity contribution in [3.05, 3.63) is 72.3 Å². The SMILES string of the molecule is O=C(Nc1cccc(CO)c1)c1ccc(-n2cncn2)cc1. The smallest absolute Gasteiger partial charge is 0.255 e. The Labute approximate surface area is 127 Å². The van der Waals surface area contributed by atoms with Gasteiger partial charge in [-0.15, -0.1) is 0 Å². The topological polar surface area (TPSA) is 80.0 Å². The highest BCUT2D eigenvalue weighted by Gasteiger charge is 2.07. The van der Waals surface area contributed by atoms with Crippen LogP contribution < -0.4 is 5.32 Å². The zero-order valence-electron chi connectivity index (χ0n) is 11.7. The minimum absolute atomic E-state index is 0.0592. The van der Waals surface area contributed by atoms with Crippen LogP contribution in [-0.4, -0.2) is 25.8 Å². The van der Waals surface area contributed by atoms with Crippen LogP contribution in [0.3, 0.4) is 0 Å². The van der Waals surface area contributed by atoms with E-state index >= 15 is 0 Å². The number of rotatable bonds is 4. The first-order valence-electron chi connectivity index (χ1n) is 6.72. The maximum absolute atomic E-state index is 12.2. The van der Waals surface area contributed by atoms with Gasteiger partial charge in [0, 0.05) is 11.3 Å². The molecule has 0 spiro atoms. The Kier molecular flexibility index (Phi) is 3.93. The summed E-state index contributed by atoms with van der Waals surface area (Å²) in [6.07, 6.45) is 3.05. The zero-order valence-corrected chi connectivity index (χ0v) is 11.7. The third-order valence-electron chi connectivity index (χ3n) is 3.18. The van der Waals surface area contributed by atoms with Gasteiger partial charge >= 0.3 is 0 Å². The van der Waals surface area contributed by atoms with Gasteiger partial charge in [0.05, 0.1) is 12.3 Å². The van der Waals surface area contributed by atoms with E-state index in [4.69, 9.17) is 5.11 Å². The Bertz CT molecular complexity index is 767. The van der Waals surface area contributed by atoms with Gasteiger partial charge in [0.15, 0.2) is 0 Å². The first kappa shape index (κ1) is 14.0. The van der Waals surface area contributed by atoms with E-state index < -0.39 is 0 Å². The van der Waals surface area contributed by atoms with Crippen LogP contribution in [0.15, 0.2) is 61.2 Å². The first-order chi connectivity index (χ1) is 10.8. The van der Waals surface area contributed by atoms with Crippen LogP contribution in [0.2, 0.25) is 0 Å². The molecule has 0 aliphatic carbocycles. The Balaban J connectivity index is 1.74. The van der Waals surface area contributed by atoms with Gasteiger partial charge in [-0.1, -0.05) is 12.1 Å². The fourth-order valence-corrected chi connectivity index (χ4v) is 2.06. The molecule has 22 heavy (non-hydrogen) atoms. The Morgan fingerprint density at radius 3 is 2.68 bits per heavy atom. The fourth-order valence-electron chi connectivity index (χ4n) is 2.06. The average molecular weight is 294 g/mol. The Morgan fingerprint density at radius 1 is 1.18 bits per heavy atom. The van der Waals surface area contributed by atoms with Crippen LogP contribution in [0.1, 0.15) is 15.9 Å². The van der Waals surface area contributed by atoms with Crippen molar-refractivity contribution in [3.63, 3.8) is 0 Å². The lowest BCUT2D eigenvalue weighted by molar-refractivity contribution is 0.102. The summed E-state index contributed by atoms with van der Waals surface area (Å²) in [5.41, 5.74) is 2.77. The number of hydrogen-bond donors (Lipinski definition) is 2. The molecule has 0 radical (unpaired) electrons. The van der Waals surface area contributed by atoms with E-state index in [0.717, 1.165) is 11.3 Å². The molecule has 0 fully saturated rings. The third kappa shape index (κ3) is 3.02. The number of aromatic nitrogens is 3. The molecule has 110 valence electrons. The lowest BCUT2D eigenvalue weighted by Crippen LogP contribution is -2.12. The summed E-state index contributed by atoms with van der Waals surface area (Å²) in [7, 11) is 0. The van der Waals surface area contributed by atoms with Crippen molar-refractivity contribution in [1.29, 1.82) is 0 Å². The molecule has 2 aromatic carbocycles. The zero-order chi connectivity index (χ0) is 15.4. The molecule has 0 atom stereocenters. The summed E-state index contributed by atoms with van der Waals surface area (Å²) in [5.74, 6) is -0.208. The molecule has 0 unspecified atom stereocenters. The average Bonchev–Trinajstić information content (AvgIpc) is 3.09. The second-order valence-corrected chi connectivity index (χ2v) is 4.70. The predicted molar refractivity (Wildman–Crippen MR) is 81.7 cm³/mol. The van der Waals surface area contributed by atoms with Gasteiger partial charge in [-0.2, -0.15) is 5.10 Å². The summed E-state index contributed by atoms with van der Waals surface area (Å²) in [5, 5.41) is 15.9. The van der Waals surface area contributed by atoms with E-state index in [2.05, 4.69) is 15.4 Å². The molecular formula is C16H14N4O2. The number of nitrogens with zero attached hydrogens (tertiary/aromatic N) is 3. The number of carbonyl (C=O) groups excluding carboxylic acids is 1. The van der Waals surface area contributed by atoms with Crippen LogP contribution in [0, 0.1) is 0 Å². The summed E-state index contributed by atoms with van der Waals surface area (Å²) in [6.45, 7) is -0.0592. The van der Waals surface area contributed by atoms with Crippen molar-refractivity contribution >= 4 is 11.6 Å². The van der Waals surface area contributed by atoms with Gasteiger partial charge in [0.2, 0.25) is 0 Å². The van der Waals surface area contributed by atoms with E-state index in [1.165, 1.54) is 6.33 Å². The van der Waals surface area contributed by atoms with Crippen LogP contribution in [0.25, 0.3) is 5.69 Å². The number of aliphatic hydroxyl groups excluding tert-OH is 1. The Morgan fingerprint density at radius 2 is 2.00 bits per heavy atom. The third-order valence-corrected chi connectivity index (χ3v) is 3.18. The van der Waals surface area contributed by atoms with Crippen molar-refractivity contribution in [1.82, 2.24) is 14.8 Å². The maximum atomic E-state index is 12.2. The molecule has 2 N–H and O–H groups in total. The van der Waals surface area contributed by atoms with E-state index in [9.17, 15) is 4.79 Å². The van der Waals surface area contributed by atoms with Gasteiger partial charge in [-0.25, -0.2) is 9.67 Å². The van der Waals surface area contributed by atoms with Crippen molar-refractivity contribution in [2.45, 2.75) is 6.61 Å². The second kappa shape index (κ2) is 6.19. The predicted octanol–water partition coefficient (Wildman–Crippen LogP) is 2.01. The molecule has 0 bridgehead atoms. The quantitative estimate of drug-likeness (QED) is 0.771. The van der Waals surface area contributed by atoms with Crippen LogP contribution in [0.4, 0.5) is 5.69 Å². The highest BCUT2D eigenvalue weighted by atomic mass is 16.3. The van der Waals surface area contributed by atoms with Crippen molar-refractivity contribution in [2.24, 2.45) is 0 Å². The van der Waals surface area contributed by atoms with Crippen molar-refractivity contribution in [3.8, 4) is 5.69 Å². The lowest BCUT2D eigenvalue weighted by Gasteiger charge is -2.07. The summed E-state index contributed by atoms with van der Waals surface area (Å²) < 4.78 is 1.62. The molecule has 6 nitrogen and oxygen atoms in total. The van der Waals surface area contributed by atoms with E-state index in [0.29, 0.717) is 11.3 Å². The molecule has 1 amide bonds. The fraction of sp³-hybridized carbons (Fsp3) is 0.0625. The molecule has 0 aliphatic heterocycles. The van der Waals surface area contributed by atoms with Crippen LogP contribution in [-0.2, 0) is 6.61 Å². The van der Waals surface area contributed by atoms with E-state index in [-0.39, 0.29) is 12.5 Å². The van der Waals surface area contributed by atoms with Crippen molar-refractivity contribution in [2.75, 3.05) is 5.32 Å². The number of benzene rings is 2. The normalized spacial score (nSPS) is 10.4. The van der Waals surface area contributed by atoms with Gasteiger partial charge in [0.1, 0.15) is 12.7 Å². The summed E-state index contributed by atoms with van der Waals surface area (Å²) in [6, 6.07) is 14.1. The largest absolute Gasteiger partial charge is 0.392 e. The number of aliphatic hydroxyl groups is 1. The van der Waals surface area contributed by atoms with Gasteiger partial charge in [-0.05, 0) is 42.0 Å². The monoisotopic (exact) mass is 294 g/mol.